The summed E-state index contributed by atoms with van der Waals surface area (Å²) in [6.45, 7) is 2.63. The summed E-state index contributed by atoms with van der Waals surface area (Å²) in [6, 6.07) is 0. The summed E-state index contributed by atoms with van der Waals surface area (Å²) in [4.78, 5) is 2.05. The number of aliphatic hydroxyl groups excluding tert-OH is 2. The van der Waals surface area contributed by atoms with Crippen LogP contribution in [0, 0.1) is 0 Å². The van der Waals surface area contributed by atoms with Gasteiger partial charge in [0.15, 0.2) is 0 Å². The molecule has 2 N–H and O–H groups in total. The first-order valence-electron chi connectivity index (χ1n) is 3.78. The van der Waals surface area contributed by atoms with E-state index in [1.54, 1.807) is 11.8 Å². The zero-order chi connectivity index (χ0) is 8.53. The predicted octanol–water partition coefficient (Wildman–Crippen LogP) is -0.364. The Labute approximate surface area is 72.4 Å². The quantitative estimate of drug-likeness (QED) is 0.560. The van der Waals surface area contributed by atoms with Gasteiger partial charge < -0.3 is 10.2 Å². The summed E-state index contributed by atoms with van der Waals surface area (Å²) in [7, 11) is 0. The maximum atomic E-state index is 8.63. The van der Waals surface area contributed by atoms with Gasteiger partial charge in [0.1, 0.15) is 0 Å². The fourth-order valence-electron chi connectivity index (χ4n) is 0.839. The fraction of sp³-hybridized carbons (Fsp3) is 1.00. The molecule has 11 heavy (non-hydrogen) atoms. The molecule has 0 rings (SSSR count). The lowest BCUT2D eigenvalue weighted by Gasteiger charge is -2.18. The molecule has 0 aromatic heterocycles. The van der Waals surface area contributed by atoms with Crippen LogP contribution in [-0.4, -0.2) is 60.0 Å². The van der Waals surface area contributed by atoms with Crippen molar-refractivity contribution in [2.45, 2.75) is 0 Å². The molecule has 0 aromatic carbocycles. The molecule has 68 valence electrons. The molecule has 0 saturated carbocycles. The summed E-state index contributed by atoms with van der Waals surface area (Å²) < 4.78 is 0. The molecule has 0 saturated heterocycles. The average Bonchev–Trinajstić information content (AvgIpc) is 2.01. The SMILES string of the molecule is CSCCN(CCO)CCO. The lowest BCUT2D eigenvalue weighted by atomic mass is 10.5. The third-order valence-corrected chi connectivity index (χ3v) is 2.03. The van der Waals surface area contributed by atoms with E-state index < -0.39 is 0 Å². The van der Waals surface area contributed by atoms with Gasteiger partial charge in [0.05, 0.1) is 13.2 Å². The Hall–Kier alpha value is 0.230. The summed E-state index contributed by atoms with van der Waals surface area (Å²) in [5.74, 6) is 1.06. The first-order valence-corrected chi connectivity index (χ1v) is 5.17. The van der Waals surface area contributed by atoms with Gasteiger partial charge in [-0.15, -0.1) is 0 Å². The van der Waals surface area contributed by atoms with Crippen molar-refractivity contribution in [3.63, 3.8) is 0 Å². The molecular formula is C7H17NO2S. The lowest BCUT2D eigenvalue weighted by molar-refractivity contribution is 0.167. The highest BCUT2D eigenvalue weighted by molar-refractivity contribution is 7.98. The molecule has 4 heteroatoms. The standard InChI is InChI=1S/C7H17NO2S/c1-11-7-4-8(2-5-9)3-6-10/h9-10H,2-7H2,1H3. The second kappa shape index (κ2) is 8.33. The number of thioether (sulfide) groups is 1. The van der Waals surface area contributed by atoms with Crippen LogP contribution < -0.4 is 0 Å². The van der Waals surface area contributed by atoms with Crippen LogP contribution in [0.2, 0.25) is 0 Å². The van der Waals surface area contributed by atoms with Crippen LogP contribution in [0.3, 0.4) is 0 Å². The van der Waals surface area contributed by atoms with E-state index >= 15 is 0 Å². The molecule has 0 fully saturated rings. The van der Waals surface area contributed by atoms with Gasteiger partial charge in [-0.3, -0.25) is 4.90 Å². The van der Waals surface area contributed by atoms with Crippen LogP contribution in [-0.2, 0) is 0 Å². The Morgan fingerprint density at radius 2 is 1.64 bits per heavy atom. The van der Waals surface area contributed by atoms with Crippen molar-refractivity contribution in [3.05, 3.63) is 0 Å². The summed E-state index contributed by atoms with van der Waals surface area (Å²) in [5, 5.41) is 17.3. The highest BCUT2D eigenvalue weighted by Gasteiger charge is 2.00. The van der Waals surface area contributed by atoms with Crippen LogP contribution >= 0.6 is 11.8 Å². The van der Waals surface area contributed by atoms with Crippen molar-refractivity contribution in [3.8, 4) is 0 Å². The second-order valence-electron chi connectivity index (χ2n) is 2.28. The van der Waals surface area contributed by atoms with E-state index in [2.05, 4.69) is 11.2 Å². The van der Waals surface area contributed by atoms with Gasteiger partial charge in [-0.25, -0.2) is 0 Å². The van der Waals surface area contributed by atoms with Crippen LogP contribution in [0.1, 0.15) is 0 Å². The Morgan fingerprint density at radius 1 is 1.09 bits per heavy atom. The predicted molar refractivity (Wildman–Crippen MR) is 49.0 cm³/mol. The molecule has 0 aliphatic heterocycles. The van der Waals surface area contributed by atoms with Crippen molar-refractivity contribution < 1.29 is 10.2 Å². The van der Waals surface area contributed by atoms with Crippen molar-refractivity contribution in [2.75, 3.05) is 44.9 Å². The Morgan fingerprint density at radius 3 is 2.00 bits per heavy atom. The molecule has 0 spiro atoms. The Kier molecular flexibility index (Phi) is 8.50. The van der Waals surface area contributed by atoms with E-state index in [0.717, 1.165) is 12.3 Å². The van der Waals surface area contributed by atoms with Gasteiger partial charge in [0, 0.05) is 25.4 Å². The van der Waals surface area contributed by atoms with E-state index in [1.807, 2.05) is 0 Å². The third kappa shape index (κ3) is 6.62. The molecule has 0 aliphatic rings. The van der Waals surface area contributed by atoms with Crippen LogP contribution in [0.25, 0.3) is 0 Å². The number of hydrogen-bond donors (Lipinski definition) is 2. The Balaban J connectivity index is 3.34. The molecule has 3 nitrogen and oxygen atoms in total. The minimum absolute atomic E-state index is 0.175. The maximum Gasteiger partial charge on any atom is 0.0558 e. The highest BCUT2D eigenvalue weighted by atomic mass is 32.2. The van der Waals surface area contributed by atoms with E-state index in [1.165, 1.54) is 0 Å². The van der Waals surface area contributed by atoms with E-state index in [0.29, 0.717) is 13.1 Å². The fourth-order valence-corrected chi connectivity index (χ4v) is 1.28. The van der Waals surface area contributed by atoms with E-state index in [-0.39, 0.29) is 13.2 Å². The minimum Gasteiger partial charge on any atom is -0.395 e. The van der Waals surface area contributed by atoms with Gasteiger partial charge in [-0.1, -0.05) is 0 Å². The molecule has 0 aliphatic carbocycles. The summed E-state index contributed by atoms with van der Waals surface area (Å²) in [5.41, 5.74) is 0. The third-order valence-electron chi connectivity index (χ3n) is 1.44. The van der Waals surface area contributed by atoms with Crippen molar-refractivity contribution >= 4 is 11.8 Å². The monoisotopic (exact) mass is 179 g/mol. The molecule has 0 atom stereocenters. The molecule has 0 amide bonds. The van der Waals surface area contributed by atoms with Gasteiger partial charge in [-0.05, 0) is 6.26 Å². The van der Waals surface area contributed by atoms with Crippen LogP contribution in [0.4, 0.5) is 0 Å². The van der Waals surface area contributed by atoms with Crippen molar-refractivity contribution in [2.24, 2.45) is 0 Å². The number of aliphatic hydroxyl groups is 2. The van der Waals surface area contributed by atoms with E-state index in [9.17, 15) is 0 Å². The molecule has 0 unspecified atom stereocenters. The van der Waals surface area contributed by atoms with Crippen LogP contribution in [0.15, 0.2) is 0 Å². The van der Waals surface area contributed by atoms with Crippen LogP contribution in [0.5, 0.6) is 0 Å². The molecule has 0 aromatic rings. The highest BCUT2D eigenvalue weighted by Crippen LogP contribution is 1.94. The van der Waals surface area contributed by atoms with Gasteiger partial charge >= 0.3 is 0 Å². The normalized spacial score (nSPS) is 10.9. The molecule has 0 bridgehead atoms. The Bertz CT molecular complexity index is 76.8. The van der Waals surface area contributed by atoms with Gasteiger partial charge in [-0.2, -0.15) is 11.8 Å². The van der Waals surface area contributed by atoms with Gasteiger partial charge in [0.25, 0.3) is 0 Å². The minimum atomic E-state index is 0.175. The summed E-state index contributed by atoms with van der Waals surface area (Å²) in [6.07, 6.45) is 2.05. The zero-order valence-electron chi connectivity index (χ0n) is 6.99. The molecule has 0 heterocycles. The maximum absolute atomic E-state index is 8.63. The summed E-state index contributed by atoms with van der Waals surface area (Å²) >= 11 is 1.78. The van der Waals surface area contributed by atoms with Crippen molar-refractivity contribution in [1.82, 2.24) is 4.90 Å². The topological polar surface area (TPSA) is 43.7 Å². The zero-order valence-corrected chi connectivity index (χ0v) is 7.81. The lowest BCUT2D eigenvalue weighted by Crippen LogP contribution is -2.31. The van der Waals surface area contributed by atoms with Crippen molar-refractivity contribution in [1.29, 1.82) is 0 Å². The second-order valence-corrected chi connectivity index (χ2v) is 3.27. The first-order chi connectivity index (χ1) is 5.35. The first kappa shape index (κ1) is 11.2. The molecular weight excluding hydrogens is 162 g/mol. The largest absolute Gasteiger partial charge is 0.395 e. The molecule has 0 radical (unpaired) electrons. The van der Waals surface area contributed by atoms with Gasteiger partial charge in [0.2, 0.25) is 0 Å². The number of rotatable bonds is 7. The number of hydrogen-bond acceptors (Lipinski definition) is 4. The number of nitrogens with zero attached hydrogens (tertiary/aromatic N) is 1. The average molecular weight is 179 g/mol. The smallest absolute Gasteiger partial charge is 0.0558 e. The van der Waals surface area contributed by atoms with E-state index in [4.69, 9.17) is 10.2 Å².